The number of alkyl halides is 1. The molecule has 1 rings (SSSR count). The maximum Gasteiger partial charge on any atom is 0.265 e. The molecule has 6 heteroatoms. The highest BCUT2D eigenvalue weighted by Gasteiger charge is 2.18. The fourth-order valence-corrected chi connectivity index (χ4v) is 2.52. The van der Waals surface area contributed by atoms with Gasteiger partial charge in [-0.1, -0.05) is 11.6 Å². The molecule has 0 spiro atoms. The molecule has 1 amide bonds. The third kappa shape index (κ3) is 3.63. The first-order valence-electron chi connectivity index (χ1n) is 4.78. The maximum atomic E-state index is 12.1. The molecule has 1 heterocycles. The number of ether oxygens (including phenoxy) is 1. The summed E-state index contributed by atoms with van der Waals surface area (Å²) in [6.45, 7) is 1.51. The molecule has 0 aromatic carbocycles. The molecule has 0 aliphatic carbocycles. The zero-order valence-electron chi connectivity index (χ0n) is 8.91. The molecule has 1 aromatic heterocycles. The Morgan fingerprint density at radius 3 is 2.81 bits per heavy atom. The summed E-state index contributed by atoms with van der Waals surface area (Å²) in [5.74, 6) is 0.316. The van der Waals surface area contributed by atoms with Crippen LogP contribution in [0.5, 0.6) is 0 Å². The molecule has 0 fully saturated rings. The van der Waals surface area contributed by atoms with Gasteiger partial charge in [0.1, 0.15) is 4.88 Å². The molecule has 1 aromatic rings. The standard InChI is InChI=1S/C10H13Cl2NO2S/c1-15-6-5-13(4-3-11)10(14)9-8(12)2-7-16-9/h2,7H,3-6H2,1H3. The second-order valence-electron chi connectivity index (χ2n) is 3.07. The summed E-state index contributed by atoms with van der Waals surface area (Å²) >= 11 is 12.9. The van der Waals surface area contributed by atoms with Crippen LogP contribution in [0.1, 0.15) is 9.67 Å². The molecule has 0 unspecified atom stereocenters. The summed E-state index contributed by atoms with van der Waals surface area (Å²) in [6.07, 6.45) is 0. The van der Waals surface area contributed by atoms with Crippen molar-refractivity contribution in [3.8, 4) is 0 Å². The molecule has 0 atom stereocenters. The van der Waals surface area contributed by atoms with Crippen molar-refractivity contribution >= 4 is 40.4 Å². The van der Waals surface area contributed by atoms with E-state index in [-0.39, 0.29) is 5.91 Å². The van der Waals surface area contributed by atoms with Gasteiger partial charge >= 0.3 is 0 Å². The van der Waals surface area contributed by atoms with Crippen LogP contribution in [0.3, 0.4) is 0 Å². The highest BCUT2D eigenvalue weighted by atomic mass is 35.5. The van der Waals surface area contributed by atoms with Crippen molar-refractivity contribution in [3.05, 3.63) is 21.3 Å². The van der Waals surface area contributed by atoms with E-state index in [2.05, 4.69) is 0 Å². The molecule has 3 nitrogen and oxygen atoms in total. The van der Waals surface area contributed by atoms with Crippen molar-refractivity contribution < 1.29 is 9.53 Å². The van der Waals surface area contributed by atoms with E-state index in [4.69, 9.17) is 27.9 Å². The Balaban J connectivity index is 2.70. The largest absolute Gasteiger partial charge is 0.383 e. The van der Waals surface area contributed by atoms with Crippen LogP contribution < -0.4 is 0 Å². The van der Waals surface area contributed by atoms with Gasteiger partial charge in [-0.2, -0.15) is 0 Å². The predicted octanol–water partition coefficient (Wildman–Crippen LogP) is 2.73. The Labute approximate surface area is 109 Å². The number of nitrogens with zero attached hydrogens (tertiary/aromatic N) is 1. The Bertz CT molecular complexity index is 343. The number of methoxy groups -OCH3 is 1. The first kappa shape index (κ1) is 13.8. The molecule has 0 saturated carbocycles. The Hall–Kier alpha value is -0.290. The van der Waals surface area contributed by atoms with E-state index in [1.165, 1.54) is 11.3 Å². The summed E-state index contributed by atoms with van der Waals surface area (Å²) in [5.41, 5.74) is 0. The smallest absolute Gasteiger partial charge is 0.265 e. The van der Waals surface area contributed by atoms with Gasteiger partial charge in [0.25, 0.3) is 5.91 Å². The monoisotopic (exact) mass is 281 g/mol. The molecular weight excluding hydrogens is 269 g/mol. The number of rotatable bonds is 6. The van der Waals surface area contributed by atoms with Crippen LogP contribution in [0.2, 0.25) is 5.02 Å². The summed E-state index contributed by atoms with van der Waals surface area (Å²) in [5, 5.41) is 2.29. The maximum absolute atomic E-state index is 12.1. The lowest BCUT2D eigenvalue weighted by Gasteiger charge is -2.20. The van der Waals surface area contributed by atoms with Gasteiger partial charge in [-0.25, -0.2) is 0 Å². The van der Waals surface area contributed by atoms with Crippen molar-refractivity contribution in [3.63, 3.8) is 0 Å². The van der Waals surface area contributed by atoms with E-state index >= 15 is 0 Å². The van der Waals surface area contributed by atoms with Crippen molar-refractivity contribution in [1.82, 2.24) is 4.90 Å². The Morgan fingerprint density at radius 1 is 1.56 bits per heavy atom. The minimum Gasteiger partial charge on any atom is -0.383 e. The van der Waals surface area contributed by atoms with Crippen LogP contribution in [0.4, 0.5) is 0 Å². The van der Waals surface area contributed by atoms with E-state index in [0.717, 1.165) is 0 Å². The molecule has 0 aliphatic rings. The number of carbonyl (C=O) groups excluding carboxylic acids is 1. The van der Waals surface area contributed by atoms with E-state index in [0.29, 0.717) is 35.5 Å². The molecule has 16 heavy (non-hydrogen) atoms. The predicted molar refractivity (Wildman–Crippen MR) is 67.8 cm³/mol. The van der Waals surface area contributed by atoms with Crippen LogP contribution >= 0.6 is 34.5 Å². The summed E-state index contributed by atoms with van der Waals surface area (Å²) in [7, 11) is 1.60. The molecular formula is C10H13Cl2NO2S. The van der Waals surface area contributed by atoms with Crippen LogP contribution in [-0.2, 0) is 4.74 Å². The van der Waals surface area contributed by atoms with Crippen LogP contribution in [-0.4, -0.2) is 43.5 Å². The molecule has 0 bridgehead atoms. The Morgan fingerprint density at radius 2 is 2.31 bits per heavy atom. The lowest BCUT2D eigenvalue weighted by atomic mass is 10.4. The average Bonchev–Trinajstić information content (AvgIpc) is 2.69. The summed E-state index contributed by atoms with van der Waals surface area (Å²) in [4.78, 5) is 14.3. The molecule has 0 saturated heterocycles. The van der Waals surface area contributed by atoms with Gasteiger partial charge in [0.05, 0.1) is 11.6 Å². The second-order valence-corrected chi connectivity index (χ2v) is 4.77. The van der Waals surface area contributed by atoms with Gasteiger partial charge in [0.2, 0.25) is 0 Å². The van der Waals surface area contributed by atoms with Crippen molar-refractivity contribution in [2.45, 2.75) is 0 Å². The number of thiophene rings is 1. The van der Waals surface area contributed by atoms with Crippen LogP contribution in [0, 0.1) is 0 Å². The van der Waals surface area contributed by atoms with Gasteiger partial charge in [0, 0.05) is 26.1 Å². The fourth-order valence-electron chi connectivity index (χ4n) is 1.21. The average molecular weight is 282 g/mol. The molecule has 0 radical (unpaired) electrons. The first-order chi connectivity index (χ1) is 7.70. The topological polar surface area (TPSA) is 29.5 Å². The molecule has 0 aliphatic heterocycles. The highest BCUT2D eigenvalue weighted by molar-refractivity contribution is 7.12. The third-order valence-corrected chi connectivity index (χ3v) is 3.52. The molecule has 90 valence electrons. The van der Waals surface area contributed by atoms with E-state index in [1.807, 2.05) is 0 Å². The van der Waals surface area contributed by atoms with Crippen LogP contribution in [0.15, 0.2) is 11.4 Å². The second kappa shape index (κ2) is 7.12. The summed E-state index contributed by atoms with van der Waals surface area (Å²) < 4.78 is 4.95. The van der Waals surface area contributed by atoms with Crippen molar-refractivity contribution in [1.29, 1.82) is 0 Å². The van der Waals surface area contributed by atoms with E-state index in [9.17, 15) is 4.79 Å². The Kier molecular flexibility index (Phi) is 6.13. The number of amides is 1. The van der Waals surface area contributed by atoms with E-state index < -0.39 is 0 Å². The van der Waals surface area contributed by atoms with Gasteiger partial charge in [0.15, 0.2) is 0 Å². The minimum atomic E-state index is -0.0855. The zero-order chi connectivity index (χ0) is 12.0. The highest BCUT2D eigenvalue weighted by Crippen LogP contribution is 2.23. The fraction of sp³-hybridized carbons (Fsp3) is 0.500. The minimum absolute atomic E-state index is 0.0855. The zero-order valence-corrected chi connectivity index (χ0v) is 11.2. The normalized spacial score (nSPS) is 10.4. The number of halogens is 2. The first-order valence-corrected chi connectivity index (χ1v) is 6.57. The van der Waals surface area contributed by atoms with E-state index in [1.54, 1.807) is 23.5 Å². The number of carbonyl (C=O) groups is 1. The lowest BCUT2D eigenvalue weighted by Crippen LogP contribution is -2.35. The van der Waals surface area contributed by atoms with Gasteiger partial charge in [-0.05, 0) is 11.4 Å². The van der Waals surface area contributed by atoms with Crippen LogP contribution in [0.25, 0.3) is 0 Å². The third-order valence-electron chi connectivity index (χ3n) is 2.02. The summed E-state index contributed by atoms with van der Waals surface area (Å²) in [6, 6.07) is 1.72. The quantitative estimate of drug-likeness (QED) is 0.751. The van der Waals surface area contributed by atoms with Gasteiger partial charge in [-0.15, -0.1) is 22.9 Å². The SMILES string of the molecule is COCCN(CCCl)C(=O)c1sccc1Cl. The van der Waals surface area contributed by atoms with Crippen molar-refractivity contribution in [2.75, 3.05) is 32.7 Å². The van der Waals surface area contributed by atoms with Crippen molar-refractivity contribution in [2.24, 2.45) is 0 Å². The van der Waals surface area contributed by atoms with Gasteiger partial charge < -0.3 is 9.64 Å². The number of hydrogen-bond donors (Lipinski definition) is 0. The lowest BCUT2D eigenvalue weighted by molar-refractivity contribution is 0.0712. The number of hydrogen-bond acceptors (Lipinski definition) is 3. The van der Waals surface area contributed by atoms with Gasteiger partial charge in [-0.3, -0.25) is 4.79 Å². The molecule has 0 N–H and O–H groups in total.